The molecule has 1 N–H and O–H groups in total. The summed E-state index contributed by atoms with van der Waals surface area (Å²) >= 11 is 0. The van der Waals surface area contributed by atoms with E-state index >= 15 is 0 Å². The molecule has 1 unspecified atom stereocenters. The second kappa shape index (κ2) is 5.83. The molecular formula is C15H20N2O. The van der Waals surface area contributed by atoms with Crippen molar-refractivity contribution in [3.05, 3.63) is 48.3 Å². The molecule has 2 aromatic rings. The second-order valence-corrected chi connectivity index (χ2v) is 4.98. The molecule has 1 heterocycles. The van der Waals surface area contributed by atoms with Crippen LogP contribution in [0, 0.1) is 5.92 Å². The van der Waals surface area contributed by atoms with Gasteiger partial charge in [-0.05, 0) is 36.5 Å². The summed E-state index contributed by atoms with van der Waals surface area (Å²) in [6.45, 7) is 4.08. The molecule has 1 aromatic heterocycles. The van der Waals surface area contributed by atoms with Gasteiger partial charge < -0.3 is 5.11 Å². The van der Waals surface area contributed by atoms with Crippen LogP contribution in [0.1, 0.15) is 25.8 Å². The van der Waals surface area contributed by atoms with Gasteiger partial charge in [-0.3, -0.25) is 0 Å². The van der Waals surface area contributed by atoms with Gasteiger partial charge in [0.1, 0.15) is 0 Å². The van der Waals surface area contributed by atoms with E-state index in [1.165, 1.54) is 5.56 Å². The smallest absolute Gasteiger partial charge is 0.0645 e. The van der Waals surface area contributed by atoms with E-state index in [4.69, 9.17) is 0 Å². The van der Waals surface area contributed by atoms with Crippen molar-refractivity contribution in [1.29, 1.82) is 0 Å². The number of benzene rings is 1. The summed E-state index contributed by atoms with van der Waals surface area (Å²) in [6.07, 6.45) is 5.33. The highest BCUT2D eigenvalue weighted by atomic mass is 16.3. The SMILES string of the molecule is CC(C)C(O)CCc1cnn(-c2ccccc2)c1. The highest BCUT2D eigenvalue weighted by Crippen LogP contribution is 2.12. The number of nitrogens with zero attached hydrogens (tertiary/aromatic N) is 2. The van der Waals surface area contributed by atoms with Gasteiger partial charge in [-0.15, -0.1) is 0 Å². The van der Waals surface area contributed by atoms with Crippen molar-refractivity contribution in [3.63, 3.8) is 0 Å². The largest absolute Gasteiger partial charge is 0.393 e. The number of hydrogen-bond donors (Lipinski definition) is 1. The molecule has 0 saturated carbocycles. The van der Waals surface area contributed by atoms with E-state index in [2.05, 4.69) is 5.10 Å². The third-order valence-electron chi connectivity index (χ3n) is 3.16. The summed E-state index contributed by atoms with van der Waals surface area (Å²) in [7, 11) is 0. The molecule has 2 rings (SSSR count). The molecule has 3 heteroatoms. The fraction of sp³-hybridized carbons (Fsp3) is 0.400. The lowest BCUT2D eigenvalue weighted by Crippen LogP contribution is -2.15. The Morgan fingerprint density at radius 1 is 1.22 bits per heavy atom. The van der Waals surface area contributed by atoms with E-state index in [1.54, 1.807) is 0 Å². The van der Waals surface area contributed by atoms with Gasteiger partial charge in [-0.1, -0.05) is 32.0 Å². The number of aliphatic hydroxyl groups excluding tert-OH is 1. The molecule has 0 saturated heterocycles. The fourth-order valence-electron chi connectivity index (χ4n) is 1.86. The minimum absolute atomic E-state index is 0.231. The first-order valence-electron chi connectivity index (χ1n) is 6.44. The van der Waals surface area contributed by atoms with Gasteiger partial charge in [0.15, 0.2) is 0 Å². The number of hydrogen-bond acceptors (Lipinski definition) is 2. The van der Waals surface area contributed by atoms with Gasteiger partial charge in [0, 0.05) is 6.20 Å². The van der Waals surface area contributed by atoms with Crippen molar-refractivity contribution in [2.75, 3.05) is 0 Å². The Bertz CT molecular complexity index is 476. The number of aliphatic hydroxyl groups is 1. The van der Waals surface area contributed by atoms with Crippen LogP contribution in [0.3, 0.4) is 0 Å². The molecule has 0 spiro atoms. The Morgan fingerprint density at radius 3 is 2.61 bits per heavy atom. The van der Waals surface area contributed by atoms with Crippen LogP contribution in [0.5, 0.6) is 0 Å². The maximum Gasteiger partial charge on any atom is 0.0645 e. The van der Waals surface area contributed by atoms with Crippen LogP contribution < -0.4 is 0 Å². The van der Waals surface area contributed by atoms with E-state index in [9.17, 15) is 5.11 Å². The lowest BCUT2D eigenvalue weighted by molar-refractivity contribution is 0.116. The van der Waals surface area contributed by atoms with Gasteiger partial charge in [0.25, 0.3) is 0 Å². The molecule has 0 aliphatic heterocycles. The van der Waals surface area contributed by atoms with Crippen molar-refractivity contribution in [2.24, 2.45) is 5.92 Å². The highest BCUT2D eigenvalue weighted by molar-refractivity contribution is 5.30. The van der Waals surface area contributed by atoms with Crippen molar-refractivity contribution >= 4 is 0 Å². The monoisotopic (exact) mass is 244 g/mol. The molecule has 0 aliphatic rings. The summed E-state index contributed by atoms with van der Waals surface area (Å²) in [5.41, 5.74) is 2.23. The average Bonchev–Trinajstić information content (AvgIpc) is 2.85. The zero-order chi connectivity index (χ0) is 13.0. The standard InChI is InChI=1S/C15H20N2O/c1-12(2)15(18)9-8-13-10-16-17(11-13)14-6-4-3-5-7-14/h3-7,10-12,15,18H,8-9H2,1-2H3. The predicted octanol–water partition coefficient (Wildman–Crippen LogP) is 2.82. The van der Waals surface area contributed by atoms with Crippen LogP contribution >= 0.6 is 0 Å². The molecule has 0 bridgehead atoms. The average molecular weight is 244 g/mol. The van der Waals surface area contributed by atoms with Crippen LogP contribution in [0.15, 0.2) is 42.7 Å². The van der Waals surface area contributed by atoms with Crippen LogP contribution in [-0.4, -0.2) is 21.0 Å². The van der Waals surface area contributed by atoms with Gasteiger partial charge in [0.2, 0.25) is 0 Å². The third-order valence-corrected chi connectivity index (χ3v) is 3.16. The van der Waals surface area contributed by atoms with E-state index in [-0.39, 0.29) is 6.10 Å². The van der Waals surface area contributed by atoms with Crippen LogP contribution in [0.25, 0.3) is 5.69 Å². The molecule has 3 nitrogen and oxygen atoms in total. The van der Waals surface area contributed by atoms with Crippen molar-refractivity contribution in [1.82, 2.24) is 9.78 Å². The molecule has 1 aromatic carbocycles. The Hall–Kier alpha value is -1.61. The fourth-order valence-corrected chi connectivity index (χ4v) is 1.86. The number of aryl methyl sites for hydroxylation is 1. The van der Waals surface area contributed by atoms with Crippen LogP contribution in [0.4, 0.5) is 0 Å². The summed E-state index contributed by atoms with van der Waals surface area (Å²) < 4.78 is 1.87. The van der Waals surface area contributed by atoms with Crippen LogP contribution in [0.2, 0.25) is 0 Å². The van der Waals surface area contributed by atoms with Gasteiger partial charge in [-0.2, -0.15) is 5.10 Å². The number of rotatable bonds is 5. The first kappa shape index (κ1) is 12.8. The Balaban J connectivity index is 1.99. The summed E-state index contributed by atoms with van der Waals surface area (Å²) in [4.78, 5) is 0. The molecule has 0 fully saturated rings. The maximum absolute atomic E-state index is 9.78. The first-order chi connectivity index (χ1) is 8.66. The molecule has 1 atom stereocenters. The topological polar surface area (TPSA) is 38.1 Å². The lowest BCUT2D eigenvalue weighted by atomic mass is 10.0. The third kappa shape index (κ3) is 3.20. The van der Waals surface area contributed by atoms with Gasteiger partial charge in [0.05, 0.1) is 18.0 Å². The van der Waals surface area contributed by atoms with E-state index in [0.717, 1.165) is 18.5 Å². The normalized spacial score (nSPS) is 12.9. The Kier molecular flexibility index (Phi) is 4.15. The first-order valence-corrected chi connectivity index (χ1v) is 6.44. The second-order valence-electron chi connectivity index (χ2n) is 4.98. The van der Waals surface area contributed by atoms with E-state index in [0.29, 0.717) is 5.92 Å². The number of aromatic nitrogens is 2. The predicted molar refractivity (Wildman–Crippen MR) is 72.7 cm³/mol. The molecular weight excluding hydrogens is 224 g/mol. The van der Waals surface area contributed by atoms with E-state index < -0.39 is 0 Å². The van der Waals surface area contributed by atoms with Crippen molar-refractivity contribution < 1.29 is 5.11 Å². The molecule has 96 valence electrons. The van der Waals surface area contributed by atoms with E-state index in [1.807, 2.05) is 61.3 Å². The number of para-hydroxylation sites is 1. The zero-order valence-electron chi connectivity index (χ0n) is 11.0. The van der Waals surface area contributed by atoms with Gasteiger partial charge in [-0.25, -0.2) is 4.68 Å². The van der Waals surface area contributed by atoms with Gasteiger partial charge >= 0.3 is 0 Å². The minimum Gasteiger partial charge on any atom is -0.393 e. The minimum atomic E-state index is -0.231. The Labute approximate surface area is 108 Å². The maximum atomic E-state index is 9.78. The van der Waals surface area contributed by atoms with Crippen molar-refractivity contribution in [2.45, 2.75) is 32.8 Å². The molecule has 0 amide bonds. The Morgan fingerprint density at radius 2 is 1.94 bits per heavy atom. The lowest BCUT2D eigenvalue weighted by Gasteiger charge is -2.12. The quantitative estimate of drug-likeness (QED) is 0.878. The molecule has 0 radical (unpaired) electrons. The molecule has 0 aliphatic carbocycles. The summed E-state index contributed by atoms with van der Waals surface area (Å²) in [6, 6.07) is 10.0. The molecule has 18 heavy (non-hydrogen) atoms. The highest BCUT2D eigenvalue weighted by Gasteiger charge is 2.09. The zero-order valence-corrected chi connectivity index (χ0v) is 11.0. The van der Waals surface area contributed by atoms with Crippen molar-refractivity contribution in [3.8, 4) is 5.69 Å². The summed E-state index contributed by atoms with van der Waals surface area (Å²) in [5, 5.41) is 14.1. The van der Waals surface area contributed by atoms with Crippen LogP contribution in [-0.2, 0) is 6.42 Å². The summed E-state index contributed by atoms with van der Waals surface area (Å²) in [5.74, 6) is 0.314.